The van der Waals surface area contributed by atoms with Crippen LogP contribution in [-0.2, 0) is 4.74 Å². The van der Waals surface area contributed by atoms with Crippen LogP contribution in [0.2, 0.25) is 0 Å². The van der Waals surface area contributed by atoms with Crippen molar-refractivity contribution in [3.8, 4) is 0 Å². The fourth-order valence-corrected chi connectivity index (χ4v) is 3.76. The highest BCUT2D eigenvalue weighted by Crippen LogP contribution is 2.35. The van der Waals surface area contributed by atoms with Crippen molar-refractivity contribution in [1.82, 2.24) is 4.90 Å². The molecule has 1 unspecified atom stereocenters. The first-order valence-corrected chi connectivity index (χ1v) is 8.32. The van der Waals surface area contributed by atoms with E-state index < -0.39 is 0 Å². The van der Waals surface area contributed by atoms with Gasteiger partial charge in [0.25, 0.3) is 0 Å². The smallest absolute Gasteiger partial charge is 0.0702 e. The number of nitrogens with two attached hydrogens (primary N) is 1. The minimum atomic E-state index is 0.380. The van der Waals surface area contributed by atoms with E-state index in [1.54, 1.807) is 0 Å². The van der Waals surface area contributed by atoms with Crippen LogP contribution in [0.4, 0.5) is 0 Å². The van der Waals surface area contributed by atoms with Gasteiger partial charge in [-0.05, 0) is 44.2 Å². The lowest BCUT2D eigenvalue weighted by Crippen LogP contribution is -2.44. The molecule has 0 radical (unpaired) electrons. The van der Waals surface area contributed by atoms with E-state index in [1.165, 1.54) is 57.9 Å². The summed E-state index contributed by atoms with van der Waals surface area (Å²) in [7, 11) is 0. The first kappa shape index (κ1) is 15.3. The van der Waals surface area contributed by atoms with Crippen LogP contribution < -0.4 is 5.73 Å². The van der Waals surface area contributed by atoms with Gasteiger partial charge < -0.3 is 15.4 Å². The van der Waals surface area contributed by atoms with Crippen LogP contribution in [0.1, 0.15) is 58.3 Å². The fraction of sp³-hybridized carbons (Fsp3) is 1.00. The Kier molecular flexibility index (Phi) is 6.11. The standard InChI is InChI=1S/C16H32N2O/c1-2-18(12-15-8-7-11-19-15)14-16(13-17)9-5-3-4-6-10-16/h15H,2-14,17H2,1H3. The summed E-state index contributed by atoms with van der Waals surface area (Å²) >= 11 is 0. The normalized spacial score (nSPS) is 27.6. The molecule has 0 aromatic carbocycles. The molecular weight excluding hydrogens is 236 g/mol. The largest absolute Gasteiger partial charge is 0.377 e. The molecule has 1 saturated carbocycles. The molecule has 2 rings (SSSR count). The Morgan fingerprint density at radius 2 is 1.89 bits per heavy atom. The van der Waals surface area contributed by atoms with Gasteiger partial charge in [0.15, 0.2) is 0 Å². The third-order valence-corrected chi connectivity index (χ3v) is 5.09. The molecule has 1 aliphatic carbocycles. The van der Waals surface area contributed by atoms with Crippen LogP contribution in [0.25, 0.3) is 0 Å². The summed E-state index contributed by atoms with van der Waals surface area (Å²) in [6.07, 6.45) is 11.1. The second kappa shape index (κ2) is 7.61. The summed E-state index contributed by atoms with van der Waals surface area (Å²) < 4.78 is 5.79. The van der Waals surface area contributed by atoms with Gasteiger partial charge in [-0.15, -0.1) is 0 Å². The summed E-state index contributed by atoms with van der Waals surface area (Å²) in [5.74, 6) is 0. The molecule has 0 spiro atoms. The van der Waals surface area contributed by atoms with Crippen molar-refractivity contribution in [2.75, 3.05) is 32.8 Å². The van der Waals surface area contributed by atoms with Crippen LogP contribution in [0.15, 0.2) is 0 Å². The molecule has 1 saturated heterocycles. The first-order valence-electron chi connectivity index (χ1n) is 8.32. The lowest BCUT2D eigenvalue weighted by atomic mass is 9.80. The first-order chi connectivity index (χ1) is 9.28. The Balaban J connectivity index is 1.89. The van der Waals surface area contributed by atoms with Crippen molar-refractivity contribution in [1.29, 1.82) is 0 Å². The second-order valence-electron chi connectivity index (χ2n) is 6.58. The van der Waals surface area contributed by atoms with Gasteiger partial charge in [0.05, 0.1) is 6.10 Å². The molecule has 3 heteroatoms. The van der Waals surface area contributed by atoms with Crippen molar-refractivity contribution in [2.45, 2.75) is 64.4 Å². The van der Waals surface area contributed by atoms with Crippen LogP contribution >= 0.6 is 0 Å². The van der Waals surface area contributed by atoms with Crippen LogP contribution in [-0.4, -0.2) is 43.8 Å². The zero-order valence-corrected chi connectivity index (χ0v) is 12.7. The molecule has 0 bridgehead atoms. The van der Waals surface area contributed by atoms with E-state index in [2.05, 4.69) is 11.8 Å². The van der Waals surface area contributed by atoms with Gasteiger partial charge in [-0.3, -0.25) is 0 Å². The highest BCUT2D eigenvalue weighted by Gasteiger charge is 2.32. The maximum Gasteiger partial charge on any atom is 0.0702 e. The molecule has 1 atom stereocenters. The Morgan fingerprint density at radius 1 is 1.16 bits per heavy atom. The molecule has 112 valence electrons. The third-order valence-electron chi connectivity index (χ3n) is 5.09. The molecule has 1 heterocycles. The lowest BCUT2D eigenvalue weighted by molar-refractivity contribution is 0.0533. The van der Waals surface area contributed by atoms with Crippen molar-refractivity contribution < 1.29 is 4.74 Å². The Labute approximate surface area is 118 Å². The van der Waals surface area contributed by atoms with E-state index in [9.17, 15) is 0 Å². The van der Waals surface area contributed by atoms with Gasteiger partial charge in [-0.2, -0.15) is 0 Å². The number of hydrogen-bond donors (Lipinski definition) is 1. The van der Waals surface area contributed by atoms with Crippen LogP contribution in [0.5, 0.6) is 0 Å². The number of rotatable bonds is 6. The second-order valence-corrected chi connectivity index (χ2v) is 6.58. The predicted octanol–water partition coefficient (Wildman–Crippen LogP) is 2.79. The average Bonchev–Trinajstić information content (AvgIpc) is 2.83. The predicted molar refractivity (Wildman–Crippen MR) is 80.3 cm³/mol. The molecule has 1 aliphatic heterocycles. The monoisotopic (exact) mass is 268 g/mol. The topological polar surface area (TPSA) is 38.5 Å². The van der Waals surface area contributed by atoms with E-state index in [0.29, 0.717) is 11.5 Å². The number of nitrogens with zero attached hydrogens (tertiary/aromatic N) is 1. The van der Waals surface area contributed by atoms with Gasteiger partial charge in [-0.25, -0.2) is 0 Å². The molecule has 0 amide bonds. The molecule has 2 aliphatic rings. The van der Waals surface area contributed by atoms with E-state index in [0.717, 1.165) is 26.2 Å². The van der Waals surface area contributed by atoms with E-state index in [-0.39, 0.29) is 0 Å². The van der Waals surface area contributed by atoms with Crippen molar-refractivity contribution in [2.24, 2.45) is 11.1 Å². The summed E-state index contributed by atoms with van der Waals surface area (Å²) in [6.45, 7) is 7.51. The van der Waals surface area contributed by atoms with E-state index in [4.69, 9.17) is 10.5 Å². The van der Waals surface area contributed by atoms with Gasteiger partial charge in [0.1, 0.15) is 0 Å². The molecule has 19 heavy (non-hydrogen) atoms. The van der Waals surface area contributed by atoms with Crippen LogP contribution in [0.3, 0.4) is 0 Å². The highest BCUT2D eigenvalue weighted by atomic mass is 16.5. The molecule has 2 N–H and O–H groups in total. The zero-order chi connectivity index (χ0) is 13.6. The molecule has 3 nitrogen and oxygen atoms in total. The summed E-state index contributed by atoms with van der Waals surface area (Å²) in [5.41, 5.74) is 6.54. The summed E-state index contributed by atoms with van der Waals surface area (Å²) in [5, 5.41) is 0. The fourth-order valence-electron chi connectivity index (χ4n) is 3.76. The van der Waals surface area contributed by atoms with Crippen molar-refractivity contribution in [3.63, 3.8) is 0 Å². The summed E-state index contributed by atoms with van der Waals surface area (Å²) in [4.78, 5) is 2.59. The van der Waals surface area contributed by atoms with Crippen molar-refractivity contribution in [3.05, 3.63) is 0 Å². The maximum atomic E-state index is 6.16. The summed E-state index contributed by atoms with van der Waals surface area (Å²) in [6, 6.07) is 0. The minimum Gasteiger partial charge on any atom is -0.377 e. The molecular formula is C16H32N2O. The average molecular weight is 268 g/mol. The van der Waals surface area contributed by atoms with Gasteiger partial charge in [0.2, 0.25) is 0 Å². The van der Waals surface area contributed by atoms with E-state index >= 15 is 0 Å². The van der Waals surface area contributed by atoms with E-state index in [1.807, 2.05) is 0 Å². The maximum absolute atomic E-state index is 6.16. The molecule has 0 aromatic rings. The molecule has 2 fully saturated rings. The zero-order valence-electron chi connectivity index (χ0n) is 12.7. The minimum absolute atomic E-state index is 0.380. The lowest BCUT2D eigenvalue weighted by Gasteiger charge is -2.37. The molecule has 0 aromatic heterocycles. The van der Waals surface area contributed by atoms with Gasteiger partial charge in [-0.1, -0.05) is 32.6 Å². The van der Waals surface area contributed by atoms with Crippen molar-refractivity contribution >= 4 is 0 Å². The number of likely N-dealkylation sites (N-methyl/N-ethyl adjacent to an activating group) is 1. The number of ether oxygens (including phenoxy) is 1. The third kappa shape index (κ3) is 4.44. The van der Waals surface area contributed by atoms with Gasteiger partial charge >= 0.3 is 0 Å². The SMILES string of the molecule is CCN(CC1CCCO1)CC1(CN)CCCCCC1. The number of hydrogen-bond acceptors (Lipinski definition) is 3. The Bertz CT molecular complexity index is 243. The quantitative estimate of drug-likeness (QED) is 0.753. The van der Waals surface area contributed by atoms with Crippen LogP contribution in [0, 0.1) is 5.41 Å². The highest BCUT2D eigenvalue weighted by molar-refractivity contribution is 4.86. The Hall–Kier alpha value is -0.120. The van der Waals surface area contributed by atoms with Gasteiger partial charge in [0, 0.05) is 19.7 Å². The Morgan fingerprint density at radius 3 is 2.42 bits per heavy atom.